The van der Waals surface area contributed by atoms with E-state index < -0.39 is 5.97 Å². The zero-order valence-electron chi connectivity index (χ0n) is 24.8. The molecule has 210 valence electrons. The molecule has 0 heterocycles. The molecule has 0 aliphatic carbocycles. The molecule has 1 unspecified atom stereocenters. The summed E-state index contributed by atoms with van der Waals surface area (Å²) in [7, 11) is 0. The Morgan fingerprint density at radius 1 is 0.486 bits per heavy atom. The minimum atomic E-state index is -0.583. The monoisotopic (exact) mass is 602 g/mol. The van der Waals surface area contributed by atoms with Gasteiger partial charge in [-0.1, -0.05) is 78.1 Å². The third-order valence-electron chi connectivity index (χ3n) is 7.08. The van der Waals surface area contributed by atoms with Crippen LogP contribution in [0.1, 0.15) is 182 Å². The van der Waals surface area contributed by atoms with E-state index in [1.165, 1.54) is 116 Å². The minimum absolute atomic E-state index is 0.0736. The molecule has 0 fully saturated rings. The van der Waals surface area contributed by atoms with Gasteiger partial charge in [-0.3, -0.25) is 4.79 Å². The van der Waals surface area contributed by atoms with Crippen LogP contribution in [0, 0.1) is 5.92 Å². The van der Waals surface area contributed by atoms with Gasteiger partial charge in [-0.25, -0.2) is 0 Å². The van der Waals surface area contributed by atoms with Crippen molar-refractivity contribution in [2.24, 2.45) is 5.92 Å². The molecular formula is C32H66O2Sn. The number of aliphatic carboxylic acids is 1. The number of carboxylic acids is 1. The summed E-state index contributed by atoms with van der Waals surface area (Å²) in [4.78, 5) is 11.1. The first-order chi connectivity index (χ1) is 17.1. The van der Waals surface area contributed by atoms with Crippen molar-refractivity contribution >= 4 is 27.1 Å². The van der Waals surface area contributed by atoms with Gasteiger partial charge in [-0.15, -0.1) is 0 Å². The molecular weight excluding hydrogens is 535 g/mol. The van der Waals surface area contributed by atoms with Crippen LogP contribution < -0.4 is 0 Å². The van der Waals surface area contributed by atoms with Crippen LogP contribution in [0.15, 0.2) is 0 Å². The Kier molecular flexibility index (Phi) is 36.6. The van der Waals surface area contributed by atoms with Gasteiger partial charge in [0.05, 0.1) is 5.92 Å². The SMILES string of the molecule is CCCCCCCCC(CCCCCC)C(=O)O.CCCCCCC[CH2][Sn][CH2]CCCCCCC. The maximum atomic E-state index is 11.1. The molecule has 1 N–H and O–H groups in total. The molecule has 0 amide bonds. The molecule has 0 saturated carbocycles. The van der Waals surface area contributed by atoms with E-state index in [-0.39, 0.29) is 27.1 Å². The Balaban J connectivity index is 0. The molecule has 0 bridgehead atoms. The van der Waals surface area contributed by atoms with Crippen molar-refractivity contribution in [2.75, 3.05) is 0 Å². The van der Waals surface area contributed by atoms with Crippen molar-refractivity contribution in [3.8, 4) is 0 Å². The first-order valence-corrected chi connectivity index (χ1v) is 20.1. The number of rotatable bonds is 27. The van der Waals surface area contributed by atoms with Crippen molar-refractivity contribution < 1.29 is 9.90 Å². The Bertz CT molecular complexity index is 372. The normalized spacial score (nSPS) is 11.8. The summed E-state index contributed by atoms with van der Waals surface area (Å²) in [5.41, 5.74) is 0. The molecule has 0 aromatic carbocycles. The van der Waals surface area contributed by atoms with E-state index in [1.54, 1.807) is 21.7 Å². The topological polar surface area (TPSA) is 37.3 Å². The van der Waals surface area contributed by atoms with Gasteiger partial charge >= 0.3 is 127 Å². The van der Waals surface area contributed by atoms with Crippen LogP contribution in [0.4, 0.5) is 0 Å². The molecule has 2 radical (unpaired) electrons. The standard InChI is InChI=1S/C16H32O2.2C8H17.Sn/c1-3-5-7-9-10-12-14-15(16(17)18)13-11-8-6-4-2;2*1-3-5-7-8-6-4-2;/h15H,3-14H2,1-2H3,(H,17,18);2*1,3-8H2,2H3;. The summed E-state index contributed by atoms with van der Waals surface area (Å²) < 4.78 is 3.31. The van der Waals surface area contributed by atoms with E-state index in [0.29, 0.717) is 0 Å². The average Bonchev–Trinajstić information content (AvgIpc) is 2.85. The molecule has 1 atom stereocenters. The van der Waals surface area contributed by atoms with E-state index in [0.717, 1.165) is 25.7 Å². The van der Waals surface area contributed by atoms with Crippen LogP contribution in [-0.2, 0) is 4.79 Å². The van der Waals surface area contributed by atoms with Crippen LogP contribution in [-0.4, -0.2) is 32.2 Å². The van der Waals surface area contributed by atoms with Crippen LogP contribution in [0.5, 0.6) is 0 Å². The van der Waals surface area contributed by atoms with Gasteiger partial charge in [0, 0.05) is 0 Å². The first-order valence-electron chi connectivity index (χ1n) is 16.1. The van der Waals surface area contributed by atoms with Crippen molar-refractivity contribution in [2.45, 2.75) is 191 Å². The number of unbranched alkanes of at least 4 members (excludes halogenated alkanes) is 18. The Labute approximate surface area is 232 Å². The molecule has 0 spiro atoms. The molecule has 0 saturated heterocycles. The predicted octanol–water partition coefficient (Wildman–Crippen LogP) is 11.7. The predicted molar refractivity (Wildman–Crippen MR) is 160 cm³/mol. The number of carbonyl (C=O) groups is 1. The van der Waals surface area contributed by atoms with Gasteiger partial charge in [0.15, 0.2) is 0 Å². The van der Waals surface area contributed by atoms with E-state index >= 15 is 0 Å². The molecule has 0 aliphatic heterocycles. The average molecular weight is 602 g/mol. The molecule has 35 heavy (non-hydrogen) atoms. The summed E-state index contributed by atoms with van der Waals surface area (Å²) in [6.07, 6.45) is 31.8. The van der Waals surface area contributed by atoms with E-state index in [1.807, 2.05) is 0 Å². The van der Waals surface area contributed by atoms with E-state index in [9.17, 15) is 9.90 Å². The number of hydrogen-bond acceptors (Lipinski definition) is 1. The van der Waals surface area contributed by atoms with Gasteiger partial charge in [0.2, 0.25) is 0 Å². The van der Waals surface area contributed by atoms with Crippen LogP contribution in [0.2, 0.25) is 8.87 Å². The maximum absolute atomic E-state index is 11.1. The third kappa shape index (κ3) is 34.3. The zero-order valence-corrected chi connectivity index (χ0v) is 27.7. The fourth-order valence-corrected chi connectivity index (χ4v) is 8.13. The third-order valence-corrected chi connectivity index (χ3v) is 11.1. The Hall–Kier alpha value is 0.269. The molecule has 3 heteroatoms. The first kappa shape index (κ1) is 37.4. The summed E-state index contributed by atoms with van der Waals surface area (Å²) in [6.45, 7) is 9.01. The summed E-state index contributed by atoms with van der Waals surface area (Å²) >= 11 is 0.0736. The summed E-state index contributed by atoms with van der Waals surface area (Å²) in [5, 5.41) is 9.17. The van der Waals surface area contributed by atoms with Crippen LogP contribution in [0.3, 0.4) is 0 Å². The Morgan fingerprint density at radius 2 is 0.771 bits per heavy atom. The second-order valence-electron chi connectivity index (χ2n) is 10.7. The van der Waals surface area contributed by atoms with Crippen molar-refractivity contribution in [1.29, 1.82) is 0 Å². The Morgan fingerprint density at radius 3 is 1.11 bits per heavy atom. The zero-order chi connectivity index (χ0) is 26.2. The van der Waals surface area contributed by atoms with Crippen molar-refractivity contribution in [1.82, 2.24) is 0 Å². The number of carboxylic acid groups (broad SMARTS) is 1. The quantitative estimate of drug-likeness (QED) is 0.0751. The van der Waals surface area contributed by atoms with Gasteiger partial charge in [0.25, 0.3) is 0 Å². The fourth-order valence-electron chi connectivity index (χ4n) is 4.57. The summed E-state index contributed by atoms with van der Waals surface area (Å²) in [5.74, 6) is -0.673. The molecule has 0 aromatic heterocycles. The molecule has 0 aliphatic rings. The van der Waals surface area contributed by atoms with E-state index in [4.69, 9.17) is 0 Å². The van der Waals surface area contributed by atoms with Crippen LogP contribution >= 0.6 is 0 Å². The van der Waals surface area contributed by atoms with Crippen LogP contribution in [0.25, 0.3) is 0 Å². The molecule has 0 aromatic rings. The van der Waals surface area contributed by atoms with Gasteiger partial charge in [-0.05, 0) is 12.8 Å². The fraction of sp³-hybridized carbons (Fsp3) is 0.969. The molecule has 2 nitrogen and oxygen atoms in total. The molecule has 0 rings (SSSR count). The van der Waals surface area contributed by atoms with Gasteiger partial charge in [0.1, 0.15) is 0 Å². The number of hydrogen-bond donors (Lipinski definition) is 1. The van der Waals surface area contributed by atoms with Crippen molar-refractivity contribution in [3.63, 3.8) is 0 Å². The van der Waals surface area contributed by atoms with Gasteiger partial charge < -0.3 is 5.11 Å². The summed E-state index contributed by atoms with van der Waals surface area (Å²) in [6, 6.07) is 0. The van der Waals surface area contributed by atoms with Gasteiger partial charge in [-0.2, -0.15) is 0 Å². The van der Waals surface area contributed by atoms with Crippen molar-refractivity contribution in [3.05, 3.63) is 0 Å². The van der Waals surface area contributed by atoms with E-state index in [2.05, 4.69) is 27.7 Å². The second kappa shape index (κ2) is 34.3. The second-order valence-corrected chi connectivity index (χ2v) is 15.0.